The summed E-state index contributed by atoms with van der Waals surface area (Å²) in [6, 6.07) is 21.9. The zero-order valence-corrected chi connectivity index (χ0v) is 15.1. The highest BCUT2D eigenvalue weighted by Gasteiger charge is 2.34. The maximum absolute atomic E-state index is 13.2. The van der Waals surface area contributed by atoms with Crippen molar-refractivity contribution in [1.82, 2.24) is 14.9 Å². The van der Waals surface area contributed by atoms with Crippen LogP contribution in [0.25, 0.3) is 0 Å². The maximum Gasteiger partial charge on any atom is 0.280 e. The Morgan fingerprint density at radius 1 is 1.07 bits per heavy atom. The van der Waals surface area contributed by atoms with Gasteiger partial charge in [0.25, 0.3) is 5.91 Å². The normalized spacial score (nSPS) is 15.6. The third kappa shape index (κ3) is 2.89. The number of nitrogens with zero attached hydrogens (tertiary/aromatic N) is 4. The Labute approximate surface area is 162 Å². The third-order valence-corrected chi connectivity index (χ3v) is 5.07. The number of rotatable bonds is 4. The van der Waals surface area contributed by atoms with Gasteiger partial charge < -0.3 is 9.42 Å². The summed E-state index contributed by atoms with van der Waals surface area (Å²) in [7, 11) is 0. The van der Waals surface area contributed by atoms with E-state index in [0.717, 1.165) is 11.3 Å². The molecule has 4 aromatic rings. The van der Waals surface area contributed by atoms with Crippen molar-refractivity contribution in [2.45, 2.75) is 12.5 Å². The molecule has 0 saturated carbocycles. The van der Waals surface area contributed by atoms with Gasteiger partial charge >= 0.3 is 0 Å². The molecule has 1 aliphatic rings. The molecule has 0 radical (unpaired) electrons. The first kappa shape index (κ1) is 16.5. The Morgan fingerprint density at radius 3 is 2.71 bits per heavy atom. The lowest BCUT2D eigenvalue weighted by Crippen LogP contribution is -2.30. The van der Waals surface area contributed by atoms with Crippen LogP contribution in [-0.4, -0.2) is 27.4 Å². The highest BCUT2D eigenvalue weighted by atomic mass is 16.5. The van der Waals surface area contributed by atoms with Gasteiger partial charge in [-0.3, -0.25) is 9.48 Å². The molecule has 1 aliphatic heterocycles. The Bertz CT molecular complexity index is 1100. The van der Waals surface area contributed by atoms with E-state index < -0.39 is 0 Å². The fraction of sp³-hybridized carbons (Fsp3) is 0.136. The summed E-state index contributed by atoms with van der Waals surface area (Å²) >= 11 is 0. The molecule has 0 aliphatic carbocycles. The van der Waals surface area contributed by atoms with Crippen LogP contribution in [0.15, 0.2) is 83.6 Å². The molecule has 5 rings (SSSR count). The SMILES string of the molecule is O=C(c1cc(Cn2cccn2)on1)N1C[C@@H](c2ccccc2)c2ccccc21. The molecule has 1 atom stereocenters. The molecule has 0 saturated heterocycles. The quantitative estimate of drug-likeness (QED) is 0.549. The molecule has 0 fully saturated rings. The number of carbonyl (C=O) groups excluding carboxylic acids is 1. The van der Waals surface area contributed by atoms with E-state index in [0.29, 0.717) is 24.5 Å². The third-order valence-electron chi connectivity index (χ3n) is 5.07. The number of aromatic nitrogens is 3. The van der Waals surface area contributed by atoms with Crippen molar-refractivity contribution < 1.29 is 9.32 Å². The second-order valence-corrected chi connectivity index (χ2v) is 6.82. The number of carbonyl (C=O) groups is 1. The fourth-order valence-electron chi connectivity index (χ4n) is 3.75. The summed E-state index contributed by atoms with van der Waals surface area (Å²) in [6.45, 7) is 1.03. The number of benzene rings is 2. The summed E-state index contributed by atoms with van der Waals surface area (Å²) in [6.07, 6.45) is 3.54. The van der Waals surface area contributed by atoms with Gasteiger partial charge in [-0.2, -0.15) is 5.10 Å². The molecule has 0 spiro atoms. The largest absolute Gasteiger partial charge is 0.359 e. The van der Waals surface area contributed by atoms with E-state index in [1.165, 1.54) is 5.56 Å². The first-order valence-electron chi connectivity index (χ1n) is 9.18. The summed E-state index contributed by atoms with van der Waals surface area (Å²) in [5, 5.41) is 8.15. The molecule has 0 N–H and O–H groups in total. The van der Waals surface area contributed by atoms with Gasteiger partial charge in [-0.1, -0.05) is 53.7 Å². The average molecular weight is 370 g/mol. The Morgan fingerprint density at radius 2 is 1.89 bits per heavy atom. The van der Waals surface area contributed by atoms with Crippen molar-refractivity contribution in [3.63, 3.8) is 0 Å². The summed E-state index contributed by atoms with van der Waals surface area (Å²) in [5.74, 6) is 0.595. The van der Waals surface area contributed by atoms with Gasteiger partial charge in [0.15, 0.2) is 11.5 Å². The van der Waals surface area contributed by atoms with Crippen LogP contribution in [0.2, 0.25) is 0 Å². The standard InChI is InChI=1S/C22H18N4O2/c27-22(20-13-17(28-24-20)14-25-12-6-11-23-25)26-15-19(16-7-2-1-3-8-16)18-9-4-5-10-21(18)26/h1-13,19H,14-15H2/t19-/m0/s1. The lowest BCUT2D eigenvalue weighted by molar-refractivity contribution is 0.0980. The van der Waals surface area contributed by atoms with Crippen molar-refractivity contribution in [1.29, 1.82) is 0 Å². The van der Waals surface area contributed by atoms with Gasteiger partial charge in [-0.25, -0.2) is 0 Å². The molecule has 6 nitrogen and oxygen atoms in total. The lowest BCUT2D eigenvalue weighted by Gasteiger charge is -2.16. The molecular formula is C22H18N4O2. The highest BCUT2D eigenvalue weighted by molar-refractivity contribution is 6.06. The number of amides is 1. The van der Waals surface area contributed by atoms with Crippen LogP contribution in [0.4, 0.5) is 5.69 Å². The van der Waals surface area contributed by atoms with E-state index in [2.05, 4.69) is 28.5 Å². The number of para-hydroxylation sites is 1. The summed E-state index contributed by atoms with van der Waals surface area (Å²) < 4.78 is 7.09. The minimum atomic E-state index is -0.152. The van der Waals surface area contributed by atoms with Crippen LogP contribution in [0.3, 0.4) is 0 Å². The number of hydrogen-bond donors (Lipinski definition) is 0. The monoisotopic (exact) mass is 370 g/mol. The summed E-state index contributed by atoms with van der Waals surface area (Å²) in [5.41, 5.74) is 3.59. The van der Waals surface area contributed by atoms with E-state index in [1.54, 1.807) is 21.8 Å². The molecule has 2 aromatic heterocycles. The topological polar surface area (TPSA) is 64.2 Å². The zero-order chi connectivity index (χ0) is 18.9. The van der Waals surface area contributed by atoms with Crippen molar-refractivity contribution in [2.24, 2.45) is 0 Å². The van der Waals surface area contributed by atoms with E-state index in [1.807, 2.05) is 48.7 Å². The van der Waals surface area contributed by atoms with Crippen LogP contribution >= 0.6 is 0 Å². The first-order valence-corrected chi connectivity index (χ1v) is 9.18. The fourth-order valence-corrected chi connectivity index (χ4v) is 3.75. The minimum absolute atomic E-state index is 0.150. The van der Waals surface area contributed by atoms with Gasteiger partial charge in [0.1, 0.15) is 6.54 Å². The van der Waals surface area contributed by atoms with Gasteiger partial charge in [0.2, 0.25) is 0 Å². The molecule has 1 amide bonds. The Balaban J connectivity index is 1.43. The smallest absolute Gasteiger partial charge is 0.280 e. The molecule has 0 bridgehead atoms. The van der Waals surface area contributed by atoms with Gasteiger partial charge in [-0.05, 0) is 23.3 Å². The van der Waals surface area contributed by atoms with Crippen molar-refractivity contribution >= 4 is 11.6 Å². The second kappa shape index (κ2) is 6.81. The Kier molecular flexibility index (Phi) is 4.01. The van der Waals surface area contributed by atoms with Gasteiger partial charge in [-0.15, -0.1) is 0 Å². The van der Waals surface area contributed by atoms with Crippen LogP contribution in [0.1, 0.15) is 33.3 Å². The van der Waals surface area contributed by atoms with Crippen molar-refractivity contribution in [2.75, 3.05) is 11.4 Å². The van der Waals surface area contributed by atoms with E-state index in [9.17, 15) is 4.79 Å². The lowest BCUT2D eigenvalue weighted by atomic mass is 9.93. The number of fused-ring (bicyclic) bond motifs is 1. The molecule has 28 heavy (non-hydrogen) atoms. The van der Waals surface area contributed by atoms with E-state index in [4.69, 9.17) is 4.52 Å². The van der Waals surface area contributed by atoms with Crippen LogP contribution in [0.5, 0.6) is 0 Å². The maximum atomic E-state index is 13.2. The molecular weight excluding hydrogens is 352 g/mol. The minimum Gasteiger partial charge on any atom is -0.359 e. The molecule has 0 unspecified atom stereocenters. The predicted octanol–water partition coefficient (Wildman–Crippen LogP) is 3.71. The average Bonchev–Trinajstić information content (AvgIpc) is 3.49. The van der Waals surface area contributed by atoms with Crippen LogP contribution in [0, 0.1) is 0 Å². The number of hydrogen-bond acceptors (Lipinski definition) is 4. The van der Waals surface area contributed by atoms with E-state index >= 15 is 0 Å². The van der Waals surface area contributed by atoms with Crippen molar-refractivity contribution in [3.8, 4) is 0 Å². The highest BCUT2D eigenvalue weighted by Crippen LogP contribution is 2.40. The van der Waals surface area contributed by atoms with Crippen molar-refractivity contribution in [3.05, 3.63) is 102 Å². The molecule has 2 aromatic carbocycles. The summed E-state index contributed by atoms with van der Waals surface area (Å²) in [4.78, 5) is 15.0. The predicted molar refractivity (Wildman–Crippen MR) is 104 cm³/mol. The molecule has 6 heteroatoms. The molecule has 138 valence electrons. The second-order valence-electron chi connectivity index (χ2n) is 6.82. The molecule has 3 heterocycles. The number of anilines is 1. The Hall–Kier alpha value is -3.67. The zero-order valence-electron chi connectivity index (χ0n) is 15.1. The van der Waals surface area contributed by atoms with Gasteiger partial charge in [0.05, 0.1) is 0 Å². The van der Waals surface area contributed by atoms with E-state index in [-0.39, 0.29) is 11.8 Å². The van der Waals surface area contributed by atoms with Gasteiger partial charge in [0, 0.05) is 36.6 Å². The first-order chi connectivity index (χ1) is 13.8. The van der Waals surface area contributed by atoms with Crippen LogP contribution < -0.4 is 4.90 Å². The van der Waals surface area contributed by atoms with Crippen LogP contribution in [-0.2, 0) is 6.54 Å².